The van der Waals surface area contributed by atoms with Crippen LogP contribution in [0.3, 0.4) is 0 Å². The number of carbonyl (C=O) groups excluding carboxylic acids is 1. The van der Waals surface area contributed by atoms with Crippen molar-refractivity contribution in [1.82, 2.24) is 9.88 Å². The number of amides is 1. The summed E-state index contributed by atoms with van der Waals surface area (Å²) in [5.41, 5.74) is 2.47. The predicted molar refractivity (Wildman–Crippen MR) is 104 cm³/mol. The monoisotopic (exact) mass is 388 g/mol. The lowest BCUT2D eigenvalue weighted by Gasteiger charge is -2.33. The largest absolute Gasteiger partial charge is 0.435 e. The van der Waals surface area contributed by atoms with Crippen LogP contribution in [0.5, 0.6) is 0 Å². The first-order chi connectivity index (χ1) is 12.5. The van der Waals surface area contributed by atoms with Crippen molar-refractivity contribution in [2.75, 3.05) is 6.54 Å². The molecule has 0 N–H and O–H groups in total. The second kappa shape index (κ2) is 6.93. The van der Waals surface area contributed by atoms with Gasteiger partial charge in [-0.2, -0.15) is 0 Å². The number of likely N-dealkylation sites (tertiary alicyclic amines) is 1. The minimum absolute atomic E-state index is 0.0521. The Hall–Kier alpha value is -2.04. The van der Waals surface area contributed by atoms with Gasteiger partial charge in [0.2, 0.25) is 5.89 Å². The minimum Gasteiger partial charge on any atom is -0.435 e. The summed E-state index contributed by atoms with van der Waals surface area (Å²) in [7, 11) is 0. The first-order valence-electron chi connectivity index (χ1n) is 8.70. The van der Waals surface area contributed by atoms with Crippen LogP contribution in [0.15, 0.2) is 40.8 Å². The third-order valence-electron chi connectivity index (χ3n) is 4.83. The number of nitrogens with zero attached hydrogens (tertiary/aromatic N) is 2. The molecule has 0 saturated carbocycles. The molecule has 6 heteroatoms. The molecule has 1 fully saturated rings. The lowest BCUT2D eigenvalue weighted by Crippen LogP contribution is -2.42. The van der Waals surface area contributed by atoms with Crippen molar-refractivity contribution < 1.29 is 9.21 Å². The summed E-state index contributed by atoms with van der Waals surface area (Å²) in [4.78, 5) is 19.3. The Balaban J connectivity index is 1.69. The number of carbonyl (C=O) groups is 1. The molecule has 0 bridgehead atoms. The molecule has 3 aromatic rings. The van der Waals surface area contributed by atoms with E-state index in [1.54, 1.807) is 12.1 Å². The Morgan fingerprint density at radius 3 is 2.88 bits per heavy atom. The molecule has 1 amide bonds. The quantitative estimate of drug-likeness (QED) is 0.555. The molecule has 26 heavy (non-hydrogen) atoms. The number of oxazole rings is 1. The lowest BCUT2D eigenvalue weighted by molar-refractivity contribution is 0.0635. The standard InChI is InChI=1S/C20H18Cl2N2O2/c1-12-5-2-3-8-24(12)20(25)14-7-4-6-13(9-14)19-23-17-11-15(21)10-16(22)18(17)26-19/h4,6-7,9-12H,2-3,5,8H2,1H3/t12-/m1/s1. The second-order valence-electron chi connectivity index (χ2n) is 6.68. The van der Waals surface area contributed by atoms with Gasteiger partial charge >= 0.3 is 0 Å². The minimum atomic E-state index is 0.0521. The van der Waals surface area contributed by atoms with Crippen LogP contribution in [-0.4, -0.2) is 28.4 Å². The maximum absolute atomic E-state index is 12.9. The Morgan fingerprint density at radius 2 is 2.08 bits per heavy atom. The highest BCUT2D eigenvalue weighted by Crippen LogP contribution is 2.32. The number of halogens is 2. The molecule has 1 aromatic heterocycles. The molecule has 1 saturated heterocycles. The molecule has 1 atom stereocenters. The zero-order chi connectivity index (χ0) is 18.3. The molecule has 4 rings (SSSR count). The molecule has 4 nitrogen and oxygen atoms in total. The van der Waals surface area contributed by atoms with E-state index < -0.39 is 0 Å². The van der Waals surface area contributed by atoms with E-state index in [0.29, 0.717) is 32.6 Å². The van der Waals surface area contributed by atoms with Gasteiger partial charge in [-0.05, 0) is 56.5 Å². The smallest absolute Gasteiger partial charge is 0.254 e. The van der Waals surface area contributed by atoms with E-state index in [9.17, 15) is 4.79 Å². The van der Waals surface area contributed by atoms with Gasteiger partial charge < -0.3 is 9.32 Å². The van der Waals surface area contributed by atoms with Gasteiger partial charge in [0, 0.05) is 28.7 Å². The highest BCUT2D eigenvalue weighted by molar-refractivity contribution is 6.38. The summed E-state index contributed by atoms with van der Waals surface area (Å²) in [5, 5.41) is 0.922. The average molecular weight is 389 g/mol. The predicted octanol–water partition coefficient (Wildman–Crippen LogP) is 5.82. The normalized spacial score (nSPS) is 17.7. The Morgan fingerprint density at radius 1 is 1.23 bits per heavy atom. The fourth-order valence-electron chi connectivity index (χ4n) is 3.43. The van der Waals surface area contributed by atoms with Gasteiger partial charge in [0.25, 0.3) is 5.91 Å². The summed E-state index contributed by atoms with van der Waals surface area (Å²) < 4.78 is 5.81. The molecule has 134 valence electrons. The van der Waals surface area contributed by atoms with Crippen LogP contribution in [0.4, 0.5) is 0 Å². The molecular weight excluding hydrogens is 371 g/mol. The molecule has 2 aromatic carbocycles. The number of hydrogen-bond donors (Lipinski definition) is 0. The maximum atomic E-state index is 12.9. The van der Waals surface area contributed by atoms with E-state index in [1.807, 2.05) is 29.2 Å². The second-order valence-corrected chi connectivity index (χ2v) is 7.52. The maximum Gasteiger partial charge on any atom is 0.254 e. The van der Waals surface area contributed by atoms with Crippen LogP contribution in [0.1, 0.15) is 36.5 Å². The van der Waals surface area contributed by atoms with Gasteiger partial charge in [-0.25, -0.2) is 4.98 Å². The average Bonchev–Trinajstić information content (AvgIpc) is 3.06. The third kappa shape index (κ3) is 3.19. The van der Waals surface area contributed by atoms with Crippen LogP contribution in [0, 0.1) is 0 Å². The highest BCUT2D eigenvalue weighted by atomic mass is 35.5. The lowest BCUT2D eigenvalue weighted by atomic mass is 10.0. The van der Waals surface area contributed by atoms with Crippen LogP contribution in [0.2, 0.25) is 10.0 Å². The number of hydrogen-bond acceptors (Lipinski definition) is 3. The van der Waals surface area contributed by atoms with E-state index in [1.165, 1.54) is 6.42 Å². The third-order valence-corrected chi connectivity index (χ3v) is 5.33. The summed E-state index contributed by atoms with van der Waals surface area (Å²) in [6.07, 6.45) is 3.28. The number of piperidine rings is 1. The van der Waals surface area contributed by atoms with Gasteiger partial charge in [0.1, 0.15) is 5.52 Å². The van der Waals surface area contributed by atoms with Crippen LogP contribution in [-0.2, 0) is 0 Å². The Kier molecular flexibility index (Phi) is 4.63. The first kappa shape index (κ1) is 17.4. The van der Waals surface area contributed by atoms with E-state index in [-0.39, 0.29) is 11.9 Å². The van der Waals surface area contributed by atoms with Gasteiger partial charge in [-0.1, -0.05) is 29.3 Å². The van der Waals surface area contributed by atoms with Crippen molar-refractivity contribution in [3.63, 3.8) is 0 Å². The van der Waals surface area contributed by atoms with Gasteiger partial charge in [0.15, 0.2) is 5.58 Å². The summed E-state index contributed by atoms with van der Waals surface area (Å²) in [5.74, 6) is 0.474. The van der Waals surface area contributed by atoms with E-state index in [2.05, 4.69) is 11.9 Å². The molecule has 1 aliphatic rings. The van der Waals surface area contributed by atoms with Gasteiger partial charge in [-0.3, -0.25) is 4.79 Å². The van der Waals surface area contributed by atoms with Gasteiger partial charge in [0.05, 0.1) is 5.02 Å². The van der Waals surface area contributed by atoms with E-state index >= 15 is 0 Å². The van der Waals surface area contributed by atoms with Crippen molar-refractivity contribution in [2.45, 2.75) is 32.2 Å². The molecule has 1 aliphatic heterocycles. The van der Waals surface area contributed by atoms with Crippen LogP contribution in [0.25, 0.3) is 22.6 Å². The number of rotatable bonds is 2. The first-order valence-corrected chi connectivity index (χ1v) is 9.45. The molecular formula is C20H18Cl2N2O2. The van der Waals surface area contributed by atoms with Crippen LogP contribution >= 0.6 is 23.2 Å². The fourth-order valence-corrected chi connectivity index (χ4v) is 3.96. The summed E-state index contributed by atoms with van der Waals surface area (Å²) >= 11 is 12.2. The van der Waals surface area contributed by atoms with Crippen molar-refractivity contribution in [2.24, 2.45) is 0 Å². The molecule has 2 heterocycles. The molecule has 0 radical (unpaired) electrons. The van der Waals surface area contributed by atoms with Crippen molar-refractivity contribution >= 4 is 40.2 Å². The van der Waals surface area contributed by atoms with E-state index in [4.69, 9.17) is 27.6 Å². The molecule has 0 aliphatic carbocycles. The SMILES string of the molecule is C[C@@H]1CCCCN1C(=O)c1cccc(-c2nc3cc(Cl)cc(Cl)c3o2)c1. The number of benzene rings is 2. The number of fused-ring (bicyclic) bond motifs is 1. The van der Waals surface area contributed by atoms with Crippen LogP contribution < -0.4 is 0 Å². The topological polar surface area (TPSA) is 46.3 Å². The van der Waals surface area contributed by atoms with Crippen molar-refractivity contribution in [3.05, 3.63) is 52.0 Å². The fraction of sp³-hybridized carbons (Fsp3) is 0.300. The molecule has 0 spiro atoms. The summed E-state index contributed by atoms with van der Waals surface area (Å²) in [6, 6.07) is 11.0. The highest BCUT2D eigenvalue weighted by Gasteiger charge is 2.24. The van der Waals surface area contributed by atoms with Crippen molar-refractivity contribution in [1.29, 1.82) is 0 Å². The Bertz CT molecular complexity index is 983. The summed E-state index contributed by atoms with van der Waals surface area (Å²) in [6.45, 7) is 2.91. The Labute approximate surface area is 161 Å². The molecule has 0 unspecified atom stereocenters. The van der Waals surface area contributed by atoms with Gasteiger partial charge in [-0.15, -0.1) is 0 Å². The zero-order valence-corrected chi connectivity index (χ0v) is 15.8. The zero-order valence-electron chi connectivity index (χ0n) is 14.3. The van der Waals surface area contributed by atoms with Crippen molar-refractivity contribution in [3.8, 4) is 11.5 Å². The number of aromatic nitrogens is 1. The van der Waals surface area contributed by atoms with E-state index in [0.717, 1.165) is 24.9 Å².